The summed E-state index contributed by atoms with van der Waals surface area (Å²) in [7, 11) is 0. The average molecular weight is 727 g/mol. The summed E-state index contributed by atoms with van der Waals surface area (Å²) in [6.45, 7) is 9.34. The molecule has 0 aromatic heterocycles. The highest BCUT2D eigenvalue weighted by Crippen LogP contribution is 2.70. The monoisotopic (exact) mass is 726 g/mol. The Balaban J connectivity index is 1.46. The number of rotatable bonds is 15. The minimum atomic E-state index is -1.39. The molecule has 4 saturated carbocycles. The normalized spacial score (nSPS) is 42.3. The maximum absolute atomic E-state index is 13.0. The molecule has 5 fully saturated rings. The quantitative estimate of drug-likeness (QED) is 0.0306. The zero-order chi connectivity index (χ0) is 34.8. The molecule has 48 heavy (non-hydrogen) atoms. The number of carbonyl (C=O) groups excluding carboxylic acids is 1. The highest BCUT2D eigenvalue weighted by Gasteiger charge is 2.67. The van der Waals surface area contributed by atoms with E-state index in [0.717, 1.165) is 31.3 Å². The fraction of sp³-hybridized carbons (Fsp3) is 0.867. The fourth-order valence-corrected chi connectivity index (χ4v) is 10.4. The van der Waals surface area contributed by atoms with E-state index in [0.29, 0.717) is 12.8 Å². The van der Waals surface area contributed by atoms with Crippen LogP contribution in [0.3, 0.4) is 0 Å². The predicted octanol–water partition coefficient (Wildman–Crippen LogP) is 4.03. The van der Waals surface area contributed by atoms with E-state index in [9.17, 15) is 24.9 Å². The number of fused-ring (bicyclic) bond motifs is 3. The van der Waals surface area contributed by atoms with E-state index in [-0.39, 0.29) is 66.6 Å². The first kappa shape index (κ1) is 38.1. The van der Waals surface area contributed by atoms with Crippen LogP contribution in [-0.4, -0.2) is 87.3 Å². The number of esters is 1. The average Bonchev–Trinajstić information content (AvgIpc) is 3.21. The van der Waals surface area contributed by atoms with Gasteiger partial charge in [0, 0.05) is 11.8 Å². The van der Waals surface area contributed by atoms with Crippen molar-refractivity contribution in [3.63, 3.8) is 0 Å². The van der Waals surface area contributed by atoms with E-state index in [1.807, 2.05) is 13.8 Å². The summed E-state index contributed by atoms with van der Waals surface area (Å²) in [6.07, 6.45) is -3.32. The lowest BCUT2D eigenvalue weighted by molar-refractivity contribution is -0.436. The summed E-state index contributed by atoms with van der Waals surface area (Å²) in [5.41, 5.74) is -0.0143. The van der Waals surface area contributed by atoms with Crippen molar-refractivity contribution in [3.8, 4) is 0 Å². The number of hydrogen-bond acceptors (Lipinski definition) is 17. The lowest BCUT2D eigenvalue weighted by Crippen LogP contribution is -2.63. The molecule has 5 aliphatic rings. The van der Waals surface area contributed by atoms with Gasteiger partial charge in [0.25, 0.3) is 0 Å². The van der Waals surface area contributed by atoms with Crippen molar-refractivity contribution in [1.82, 2.24) is 0 Å². The van der Waals surface area contributed by atoms with Crippen molar-refractivity contribution in [2.75, 3.05) is 6.61 Å². The predicted molar refractivity (Wildman–Crippen MR) is 164 cm³/mol. The number of ether oxygens (including phenoxy) is 3. The standard InChI is InChI=1S/C30H46O16S2/c1-14(2)9-22(32)40-25-24(42-48-46-44-37)23(41-47-45-43-36)20(13-31)39-28(25)38-17-10-18(27(34)35)19-7-8-30-11-16(15(3)26(30)33)5-6-21(30)29(19,4)12-17/h14,16-21,23-26,28,31,33,36-37H,3,5-13H2,1-2,4H3,(H,34,35)/t16?,17?,18?,19?,20-,21?,23+,24+,25?,26-,28+,29?,30?/m0/s1. The molecular formula is C30H46O16S2. The molecule has 5 N–H and O–H groups in total. The molecule has 18 heteroatoms. The molecular weight excluding hydrogens is 680 g/mol. The highest BCUT2D eigenvalue weighted by atomic mass is 32.2. The van der Waals surface area contributed by atoms with Gasteiger partial charge in [0.05, 0.1) is 24.7 Å². The van der Waals surface area contributed by atoms with Crippen LogP contribution in [0, 0.1) is 40.4 Å². The van der Waals surface area contributed by atoms with Gasteiger partial charge in [-0.1, -0.05) is 37.4 Å². The molecule has 0 radical (unpaired) electrons. The number of aliphatic hydroxyl groups excluding tert-OH is 2. The molecule has 2 bridgehead atoms. The van der Waals surface area contributed by atoms with Crippen LogP contribution in [0.4, 0.5) is 0 Å². The van der Waals surface area contributed by atoms with E-state index in [2.05, 4.69) is 32.2 Å². The summed E-state index contributed by atoms with van der Waals surface area (Å²) < 4.78 is 38.5. The summed E-state index contributed by atoms with van der Waals surface area (Å²) in [5, 5.41) is 56.7. The Morgan fingerprint density at radius 1 is 1.04 bits per heavy atom. The van der Waals surface area contributed by atoms with Gasteiger partial charge >= 0.3 is 11.9 Å². The first-order valence-corrected chi connectivity index (χ1v) is 17.5. The van der Waals surface area contributed by atoms with Crippen LogP contribution in [0.15, 0.2) is 12.2 Å². The first-order valence-electron chi connectivity index (χ1n) is 16.2. The topological polar surface area (TPSA) is 218 Å². The Labute approximate surface area is 287 Å². The smallest absolute Gasteiger partial charge is 0.306 e. The van der Waals surface area contributed by atoms with Crippen molar-refractivity contribution >= 4 is 36.6 Å². The van der Waals surface area contributed by atoms with Gasteiger partial charge in [0.15, 0.2) is 37.0 Å². The van der Waals surface area contributed by atoms with Gasteiger partial charge in [-0.25, -0.2) is 10.5 Å². The SMILES string of the molecule is C=C1C2CCC3C4(C)CC(O[C@@H]5O[C@@H](CO)[C@@H](OSOOO)[C@@H](OSOOO)C5OC(=O)CC(C)C)CC(C(=O)O)C4CCC3(C2)[C@H]1O. The lowest BCUT2D eigenvalue weighted by Gasteiger charge is -2.62. The van der Waals surface area contributed by atoms with Gasteiger partial charge in [0.1, 0.15) is 18.3 Å². The van der Waals surface area contributed by atoms with Gasteiger partial charge < -0.3 is 29.5 Å². The van der Waals surface area contributed by atoms with Crippen LogP contribution in [0.5, 0.6) is 0 Å². The second-order valence-corrected chi connectivity index (χ2v) is 15.3. The minimum absolute atomic E-state index is 0.0210. The highest BCUT2D eigenvalue weighted by molar-refractivity contribution is 7.90. The Hall–Kier alpha value is -1.10. The number of aliphatic hydroxyl groups is 2. The van der Waals surface area contributed by atoms with E-state index in [1.54, 1.807) is 0 Å². The molecule has 1 saturated heterocycles. The van der Waals surface area contributed by atoms with Crippen LogP contribution >= 0.6 is 24.6 Å². The summed E-state index contributed by atoms with van der Waals surface area (Å²) >= 11 is 0.344. The van der Waals surface area contributed by atoms with Crippen LogP contribution in [-0.2, 0) is 50.9 Å². The van der Waals surface area contributed by atoms with Crippen LogP contribution < -0.4 is 0 Å². The van der Waals surface area contributed by atoms with Gasteiger partial charge in [-0.15, -0.1) is 8.67 Å². The largest absolute Gasteiger partial charge is 0.481 e. The molecule has 0 aromatic rings. The van der Waals surface area contributed by atoms with Crippen LogP contribution in [0.1, 0.15) is 72.1 Å². The van der Waals surface area contributed by atoms with Crippen molar-refractivity contribution in [2.24, 2.45) is 40.4 Å². The first-order chi connectivity index (χ1) is 22.9. The molecule has 274 valence electrons. The van der Waals surface area contributed by atoms with Gasteiger partial charge in [-0.2, -0.15) is 0 Å². The van der Waals surface area contributed by atoms with Crippen molar-refractivity contribution < 1.29 is 76.7 Å². The molecule has 13 atom stereocenters. The summed E-state index contributed by atoms with van der Waals surface area (Å²) in [4.78, 5) is 25.9. The van der Waals surface area contributed by atoms with Gasteiger partial charge in [-0.05, 0) is 79.6 Å². The number of carboxylic acids is 1. The number of carboxylic acid groups (broad SMARTS) is 1. The zero-order valence-corrected chi connectivity index (χ0v) is 28.7. The Morgan fingerprint density at radius 3 is 2.35 bits per heavy atom. The maximum atomic E-state index is 13.0. The molecule has 1 spiro atoms. The Morgan fingerprint density at radius 2 is 1.73 bits per heavy atom. The Kier molecular flexibility index (Phi) is 12.8. The van der Waals surface area contributed by atoms with E-state index in [4.69, 9.17) is 33.1 Å². The molecule has 1 heterocycles. The zero-order valence-electron chi connectivity index (χ0n) is 27.0. The minimum Gasteiger partial charge on any atom is -0.481 e. The van der Waals surface area contributed by atoms with E-state index < -0.39 is 72.8 Å². The third-order valence-electron chi connectivity index (χ3n) is 11.5. The third kappa shape index (κ3) is 7.43. The van der Waals surface area contributed by atoms with E-state index in [1.165, 1.54) is 0 Å². The van der Waals surface area contributed by atoms with Crippen LogP contribution in [0.2, 0.25) is 0 Å². The molecule has 4 aliphatic carbocycles. The molecule has 8 unspecified atom stereocenters. The number of carbonyl (C=O) groups is 2. The second kappa shape index (κ2) is 16.1. The lowest BCUT2D eigenvalue weighted by atomic mass is 9.43. The third-order valence-corrected chi connectivity index (χ3v) is 12.3. The molecule has 0 aromatic carbocycles. The molecule has 16 nitrogen and oxygen atoms in total. The van der Waals surface area contributed by atoms with Gasteiger partial charge in [0.2, 0.25) is 0 Å². The summed E-state index contributed by atoms with van der Waals surface area (Å²) in [5.74, 6) is -2.24. The molecule has 1 aliphatic heterocycles. The van der Waals surface area contributed by atoms with Crippen molar-refractivity contribution in [3.05, 3.63) is 12.2 Å². The van der Waals surface area contributed by atoms with Gasteiger partial charge in [-0.3, -0.25) is 18.0 Å². The fourth-order valence-electron chi connectivity index (χ4n) is 9.69. The van der Waals surface area contributed by atoms with Crippen LogP contribution in [0.25, 0.3) is 0 Å². The van der Waals surface area contributed by atoms with Crippen molar-refractivity contribution in [1.29, 1.82) is 0 Å². The van der Waals surface area contributed by atoms with E-state index >= 15 is 0 Å². The number of aliphatic carboxylic acids is 1. The Bertz CT molecular complexity index is 1150. The molecule has 5 rings (SSSR count). The van der Waals surface area contributed by atoms with Crippen molar-refractivity contribution in [2.45, 2.75) is 115 Å². The summed E-state index contributed by atoms with van der Waals surface area (Å²) in [6, 6.07) is 0. The molecule has 0 amide bonds. The number of hydrogen-bond donors (Lipinski definition) is 5. The second-order valence-electron chi connectivity index (χ2n) is 14.4. The maximum Gasteiger partial charge on any atom is 0.306 e.